The summed E-state index contributed by atoms with van der Waals surface area (Å²) in [5.41, 5.74) is 2.14. The van der Waals surface area contributed by atoms with E-state index in [9.17, 15) is 4.39 Å². The molecule has 0 N–H and O–H groups in total. The van der Waals surface area contributed by atoms with Crippen molar-refractivity contribution in [2.24, 2.45) is 5.92 Å². The summed E-state index contributed by atoms with van der Waals surface area (Å²) in [5.74, 6) is 0.394. The van der Waals surface area contributed by atoms with Crippen molar-refractivity contribution in [3.8, 4) is 0 Å². The number of hydrogen-bond acceptors (Lipinski definition) is 0. The molecule has 0 fully saturated rings. The van der Waals surface area contributed by atoms with Crippen LogP contribution in [0.3, 0.4) is 0 Å². The molecule has 0 aliphatic rings. The van der Waals surface area contributed by atoms with E-state index >= 15 is 0 Å². The molecular weight excluding hydrogens is 318 g/mol. The number of rotatable bonds is 5. The van der Waals surface area contributed by atoms with Crippen molar-refractivity contribution < 1.29 is 4.39 Å². The molecule has 4 heteroatoms. The lowest BCUT2D eigenvalue weighted by atomic mass is 9.94. The zero-order valence-corrected chi connectivity index (χ0v) is 13.0. The van der Waals surface area contributed by atoms with Crippen molar-refractivity contribution in [3.05, 3.63) is 69.5 Å². The molecule has 0 amide bonds. The first-order valence-electron chi connectivity index (χ1n) is 6.33. The number of halogens is 4. The van der Waals surface area contributed by atoms with Gasteiger partial charge < -0.3 is 0 Å². The molecular formula is C16H14Cl3F. The molecule has 1 atom stereocenters. The lowest BCUT2D eigenvalue weighted by Crippen LogP contribution is -2.10. The first kappa shape index (κ1) is 15.6. The molecule has 0 bridgehead atoms. The molecule has 0 saturated heterocycles. The molecule has 0 spiro atoms. The fraction of sp³-hybridized carbons (Fsp3) is 0.250. The maximum atomic E-state index is 13.1. The lowest BCUT2D eigenvalue weighted by Gasteiger charge is -2.14. The normalized spacial score (nSPS) is 12.4. The van der Waals surface area contributed by atoms with E-state index in [1.807, 2.05) is 24.3 Å². The summed E-state index contributed by atoms with van der Waals surface area (Å²) in [5, 5.41) is 0.874. The summed E-state index contributed by atoms with van der Waals surface area (Å²) in [6.45, 7) is 0. The summed E-state index contributed by atoms with van der Waals surface area (Å²) in [7, 11) is 0. The van der Waals surface area contributed by atoms with E-state index in [0.717, 1.165) is 29.0 Å². The Kier molecular flexibility index (Phi) is 5.71. The number of benzene rings is 2. The van der Waals surface area contributed by atoms with Gasteiger partial charge in [0, 0.05) is 10.9 Å². The largest absolute Gasteiger partial charge is 0.205 e. The standard InChI is InChI=1S/C16H14Cl3F/c17-10-13(6-11-2-1-3-14(18)8-11)7-12-4-5-16(20)15(19)9-12/h1-5,8-9,13H,6-7,10H2. The summed E-state index contributed by atoms with van der Waals surface area (Å²) < 4.78 is 13.1. The highest BCUT2D eigenvalue weighted by Crippen LogP contribution is 2.22. The zero-order chi connectivity index (χ0) is 14.5. The SMILES string of the molecule is Fc1ccc(CC(CCl)Cc2cccc(Cl)c2)cc1Cl. The van der Waals surface area contributed by atoms with Crippen LogP contribution >= 0.6 is 34.8 Å². The van der Waals surface area contributed by atoms with Gasteiger partial charge in [-0.05, 0) is 54.2 Å². The highest BCUT2D eigenvalue weighted by atomic mass is 35.5. The first-order chi connectivity index (χ1) is 9.58. The van der Waals surface area contributed by atoms with Crippen LogP contribution in [0, 0.1) is 11.7 Å². The third kappa shape index (κ3) is 4.37. The lowest BCUT2D eigenvalue weighted by molar-refractivity contribution is 0.581. The van der Waals surface area contributed by atoms with Gasteiger partial charge in [0.05, 0.1) is 5.02 Å². The van der Waals surface area contributed by atoms with Crippen molar-refractivity contribution in [3.63, 3.8) is 0 Å². The molecule has 0 nitrogen and oxygen atoms in total. The highest BCUT2D eigenvalue weighted by Gasteiger charge is 2.11. The van der Waals surface area contributed by atoms with Crippen LogP contribution < -0.4 is 0 Å². The minimum absolute atomic E-state index is 0.151. The molecule has 106 valence electrons. The van der Waals surface area contributed by atoms with Crippen molar-refractivity contribution in [1.29, 1.82) is 0 Å². The minimum atomic E-state index is -0.396. The Hall–Kier alpha value is -0.760. The van der Waals surface area contributed by atoms with Gasteiger partial charge in [0.25, 0.3) is 0 Å². The third-order valence-corrected chi connectivity index (χ3v) is 4.10. The Labute approximate surface area is 133 Å². The van der Waals surface area contributed by atoms with Crippen LogP contribution in [0.25, 0.3) is 0 Å². The first-order valence-corrected chi connectivity index (χ1v) is 7.62. The van der Waals surface area contributed by atoms with Crippen LogP contribution in [0.1, 0.15) is 11.1 Å². The summed E-state index contributed by atoms with van der Waals surface area (Å²) in [4.78, 5) is 0. The van der Waals surface area contributed by atoms with Gasteiger partial charge >= 0.3 is 0 Å². The van der Waals surface area contributed by atoms with Crippen molar-refractivity contribution in [2.75, 3.05) is 5.88 Å². The van der Waals surface area contributed by atoms with E-state index in [-0.39, 0.29) is 10.9 Å². The Balaban J connectivity index is 2.07. The zero-order valence-electron chi connectivity index (χ0n) is 10.8. The molecule has 0 radical (unpaired) electrons. The van der Waals surface area contributed by atoms with Crippen molar-refractivity contribution in [1.82, 2.24) is 0 Å². The van der Waals surface area contributed by atoms with Gasteiger partial charge in [-0.1, -0.05) is 41.4 Å². The topological polar surface area (TPSA) is 0 Å². The molecule has 2 aromatic rings. The maximum absolute atomic E-state index is 13.1. The molecule has 0 aliphatic carbocycles. The molecule has 0 aliphatic heterocycles. The molecule has 0 saturated carbocycles. The Morgan fingerprint density at radius 2 is 1.65 bits per heavy atom. The summed E-state index contributed by atoms with van der Waals surface area (Å²) in [6, 6.07) is 12.6. The number of hydrogen-bond donors (Lipinski definition) is 0. The van der Waals surface area contributed by atoms with E-state index < -0.39 is 5.82 Å². The van der Waals surface area contributed by atoms with Gasteiger partial charge in [0.1, 0.15) is 5.82 Å². The Morgan fingerprint density at radius 3 is 2.25 bits per heavy atom. The van der Waals surface area contributed by atoms with Crippen LogP contribution in [-0.2, 0) is 12.8 Å². The van der Waals surface area contributed by atoms with Crippen LogP contribution in [0.5, 0.6) is 0 Å². The average Bonchev–Trinajstić information content (AvgIpc) is 2.42. The maximum Gasteiger partial charge on any atom is 0.141 e. The van der Waals surface area contributed by atoms with E-state index in [2.05, 4.69) is 0 Å². The van der Waals surface area contributed by atoms with Gasteiger partial charge in [0.15, 0.2) is 0 Å². The second kappa shape index (κ2) is 7.31. The Morgan fingerprint density at radius 1 is 0.950 bits per heavy atom. The average molecular weight is 332 g/mol. The van der Waals surface area contributed by atoms with Gasteiger partial charge in [-0.25, -0.2) is 4.39 Å². The fourth-order valence-corrected chi connectivity index (χ4v) is 2.81. The van der Waals surface area contributed by atoms with Gasteiger partial charge in [-0.15, -0.1) is 11.6 Å². The summed E-state index contributed by atoms with van der Waals surface area (Å²) in [6.07, 6.45) is 1.59. The molecule has 2 aromatic carbocycles. The van der Waals surface area contributed by atoms with E-state index in [4.69, 9.17) is 34.8 Å². The molecule has 2 rings (SSSR count). The highest BCUT2D eigenvalue weighted by molar-refractivity contribution is 6.31. The molecule has 0 heterocycles. The number of alkyl halides is 1. The monoisotopic (exact) mass is 330 g/mol. The van der Waals surface area contributed by atoms with E-state index in [1.54, 1.807) is 12.1 Å². The summed E-state index contributed by atoms with van der Waals surface area (Å²) >= 11 is 17.8. The predicted octanol–water partition coefficient (Wildman–Crippen LogP) is 5.77. The minimum Gasteiger partial charge on any atom is -0.205 e. The Bertz CT molecular complexity index is 584. The van der Waals surface area contributed by atoms with Crippen molar-refractivity contribution in [2.45, 2.75) is 12.8 Å². The van der Waals surface area contributed by atoms with Crippen LogP contribution in [0.2, 0.25) is 10.0 Å². The van der Waals surface area contributed by atoms with E-state index in [0.29, 0.717) is 5.88 Å². The third-order valence-electron chi connectivity index (χ3n) is 3.14. The van der Waals surface area contributed by atoms with Gasteiger partial charge in [-0.2, -0.15) is 0 Å². The molecule has 1 unspecified atom stereocenters. The second-order valence-electron chi connectivity index (χ2n) is 4.81. The molecule has 20 heavy (non-hydrogen) atoms. The second-order valence-corrected chi connectivity index (χ2v) is 5.96. The van der Waals surface area contributed by atoms with Crippen LogP contribution in [0.15, 0.2) is 42.5 Å². The van der Waals surface area contributed by atoms with Crippen LogP contribution in [0.4, 0.5) is 4.39 Å². The van der Waals surface area contributed by atoms with Crippen LogP contribution in [-0.4, -0.2) is 5.88 Å². The quantitative estimate of drug-likeness (QED) is 0.610. The fourth-order valence-electron chi connectivity index (χ4n) is 2.18. The van der Waals surface area contributed by atoms with E-state index in [1.165, 1.54) is 6.07 Å². The van der Waals surface area contributed by atoms with Crippen molar-refractivity contribution >= 4 is 34.8 Å². The molecule has 0 aromatic heterocycles. The smallest absolute Gasteiger partial charge is 0.141 e. The van der Waals surface area contributed by atoms with Gasteiger partial charge in [0.2, 0.25) is 0 Å². The van der Waals surface area contributed by atoms with Gasteiger partial charge in [-0.3, -0.25) is 0 Å². The predicted molar refractivity (Wildman–Crippen MR) is 84.5 cm³/mol.